The van der Waals surface area contributed by atoms with Gasteiger partial charge in [-0.2, -0.15) is 0 Å². The summed E-state index contributed by atoms with van der Waals surface area (Å²) in [6.45, 7) is 5.23. The minimum Gasteiger partial charge on any atom is -0.385 e. The van der Waals surface area contributed by atoms with Crippen LogP contribution < -0.4 is 5.32 Å². The van der Waals surface area contributed by atoms with Crippen LogP contribution in [0.25, 0.3) is 0 Å². The van der Waals surface area contributed by atoms with Crippen LogP contribution in [0.5, 0.6) is 0 Å². The number of rotatable bonds is 4. The highest BCUT2D eigenvalue weighted by Crippen LogP contribution is 2.14. The molecule has 17 heavy (non-hydrogen) atoms. The van der Waals surface area contributed by atoms with E-state index in [4.69, 9.17) is 0 Å². The topological polar surface area (TPSA) is 24.9 Å². The van der Waals surface area contributed by atoms with E-state index in [0.717, 1.165) is 13.0 Å². The third-order valence-electron chi connectivity index (χ3n) is 3.00. The van der Waals surface area contributed by atoms with Gasteiger partial charge in [0.1, 0.15) is 0 Å². The van der Waals surface area contributed by atoms with E-state index in [0.29, 0.717) is 0 Å². The van der Waals surface area contributed by atoms with Crippen LogP contribution in [0.2, 0.25) is 0 Å². The van der Waals surface area contributed by atoms with E-state index in [1.54, 1.807) is 0 Å². The van der Waals surface area contributed by atoms with Crippen LogP contribution in [0.1, 0.15) is 16.7 Å². The Kier molecular flexibility index (Phi) is 3.76. The molecule has 1 N–H and O–H groups in total. The third-order valence-corrected chi connectivity index (χ3v) is 3.00. The van der Waals surface area contributed by atoms with Crippen LogP contribution in [-0.4, -0.2) is 11.5 Å². The summed E-state index contributed by atoms with van der Waals surface area (Å²) in [7, 11) is 0. The SMILES string of the molecule is Cc1ccc(NCCc2ccncc2)cc1C. The summed E-state index contributed by atoms with van der Waals surface area (Å²) in [4.78, 5) is 4.01. The van der Waals surface area contributed by atoms with Gasteiger partial charge in [-0.3, -0.25) is 4.98 Å². The molecule has 0 saturated heterocycles. The molecule has 0 radical (unpaired) electrons. The largest absolute Gasteiger partial charge is 0.385 e. The first kappa shape index (κ1) is 11.6. The van der Waals surface area contributed by atoms with Crippen LogP contribution in [0.4, 0.5) is 5.69 Å². The number of nitrogens with one attached hydrogen (secondary N) is 1. The molecule has 0 aliphatic heterocycles. The maximum atomic E-state index is 4.01. The summed E-state index contributed by atoms with van der Waals surface area (Å²) in [5.74, 6) is 0. The van der Waals surface area contributed by atoms with Crippen molar-refractivity contribution in [1.29, 1.82) is 0 Å². The van der Waals surface area contributed by atoms with E-state index < -0.39 is 0 Å². The summed E-state index contributed by atoms with van der Waals surface area (Å²) in [6, 6.07) is 10.6. The Bertz CT molecular complexity index is 478. The first-order valence-electron chi connectivity index (χ1n) is 5.96. The highest BCUT2D eigenvalue weighted by atomic mass is 14.9. The lowest BCUT2D eigenvalue weighted by Gasteiger charge is -2.08. The van der Waals surface area contributed by atoms with Gasteiger partial charge in [-0.15, -0.1) is 0 Å². The molecule has 0 fully saturated rings. The second-order valence-electron chi connectivity index (χ2n) is 4.33. The van der Waals surface area contributed by atoms with Crippen molar-refractivity contribution in [3.05, 3.63) is 59.4 Å². The summed E-state index contributed by atoms with van der Waals surface area (Å²) in [5, 5.41) is 3.44. The van der Waals surface area contributed by atoms with Gasteiger partial charge < -0.3 is 5.32 Å². The standard InChI is InChI=1S/C15H18N2/c1-12-3-4-15(11-13(12)2)17-10-7-14-5-8-16-9-6-14/h3-6,8-9,11,17H,7,10H2,1-2H3. The van der Waals surface area contributed by atoms with Crippen molar-refractivity contribution < 1.29 is 0 Å². The number of benzene rings is 1. The molecule has 0 bridgehead atoms. The van der Waals surface area contributed by atoms with E-state index in [2.05, 4.69) is 54.5 Å². The molecule has 0 atom stereocenters. The number of aromatic nitrogens is 1. The summed E-state index contributed by atoms with van der Waals surface area (Å²) < 4.78 is 0. The Hall–Kier alpha value is -1.83. The van der Waals surface area contributed by atoms with Crippen LogP contribution in [0, 0.1) is 13.8 Å². The van der Waals surface area contributed by atoms with Crippen molar-refractivity contribution in [2.75, 3.05) is 11.9 Å². The summed E-state index contributed by atoms with van der Waals surface area (Å²) >= 11 is 0. The molecule has 0 unspecified atom stereocenters. The van der Waals surface area contributed by atoms with Gasteiger partial charge in [-0.05, 0) is 61.2 Å². The van der Waals surface area contributed by atoms with E-state index in [9.17, 15) is 0 Å². The molecule has 2 heteroatoms. The molecule has 0 aliphatic rings. The Labute approximate surface area is 103 Å². The predicted octanol–water partition coefficient (Wildman–Crippen LogP) is 3.35. The molecular weight excluding hydrogens is 208 g/mol. The number of hydrogen-bond donors (Lipinski definition) is 1. The molecule has 2 rings (SSSR count). The second kappa shape index (κ2) is 5.48. The Morgan fingerprint density at radius 3 is 2.47 bits per heavy atom. The summed E-state index contributed by atoms with van der Waals surface area (Å²) in [5.41, 5.74) is 5.18. The molecule has 2 aromatic rings. The second-order valence-corrected chi connectivity index (χ2v) is 4.33. The van der Waals surface area contributed by atoms with E-state index in [1.807, 2.05) is 12.4 Å². The Morgan fingerprint density at radius 2 is 1.76 bits per heavy atom. The molecular formula is C15H18N2. The summed E-state index contributed by atoms with van der Waals surface area (Å²) in [6.07, 6.45) is 4.70. The Balaban J connectivity index is 1.88. The molecule has 0 amide bonds. The van der Waals surface area contributed by atoms with E-state index in [1.165, 1.54) is 22.4 Å². The number of pyridine rings is 1. The lowest BCUT2D eigenvalue weighted by molar-refractivity contribution is 1.01. The number of hydrogen-bond acceptors (Lipinski definition) is 2. The maximum absolute atomic E-state index is 4.01. The smallest absolute Gasteiger partial charge is 0.0343 e. The molecule has 1 heterocycles. The van der Waals surface area contributed by atoms with Crippen molar-refractivity contribution in [3.63, 3.8) is 0 Å². The highest BCUT2D eigenvalue weighted by molar-refractivity contribution is 5.48. The van der Waals surface area contributed by atoms with Crippen molar-refractivity contribution in [2.24, 2.45) is 0 Å². The first-order valence-corrected chi connectivity index (χ1v) is 5.96. The highest BCUT2D eigenvalue weighted by Gasteiger charge is 1.96. The average molecular weight is 226 g/mol. The fourth-order valence-electron chi connectivity index (χ4n) is 1.75. The number of anilines is 1. The van der Waals surface area contributed by atoms with Crippen LogP contribution >= 0.6 is 0 Å². The van der Waals surface area contributed by atoms with Gasteiger partial charge in [-0.1, -0.05) is 6.07 Å². The minimum atomic E-state index is 0.951. The molecule has 1 aromatic heterocycles. The van der Waals surface area contributed by atoms with Gasteiger partial charge in [0.15, 0.2) is 0 Å². The molecule has 0 saturated carbocycles. The van der Waals surface area contributed by atoms with Gasteiger partial charge >= 0.3 is 0 Å². The zero-order valence-electron chi connectivity index (χ0n) is 10.4. The monoisotopic (exact) mass is 226 g/mol. The molecule has 0 spiro atoms. The zero-order chi connectivity index (χ0) is 12.1. The lowest BCUT2D eigenvalue weighted by atomic mass is 10.1. The van der Waals surface area contributed by atoms with Gasteiger partial charge in [0.25, 0.3) is 0 Å². The van der Waals surface area contributed by atoms with Gasteiger partial charge in [0.05, 0.1) is 0 Å². The maximum Gasteiger partial charge on any atom is 0.0343 e. The lowest BCUT2D eigenvalue weighted by Crippen LogP contribution is -2.05. The Morgan fingerprint density at radius 1 is 1.00 bits per heavy atom. The van der Waals surface area contributed by atoms with Crippen molar-refractivity contribution in [2.45, 2.75) is 20.3 Å². The van der Waals surface area contributed by atoms with Crippen molar-refractivity contribution in [3.8, 4) is 0 Å². The molecule has 0 aliphatic carbocycles. The zero-order valence-corrected chi connectivity index (χ0v) is 10.4. The quantitative estimate of drug-likeness (QED) is 0.864. The van der Waals surface area contributed by atoms with Gasteiger partial charge in [-0.25, -0.2) is 0 Å². The fourth-order valence-corrected chi connectivity index (χ4v) is 1.75. The van der Waals surface area contributed by atoms with E-state index in [-0.39, 0.29) is 0 Å². The third kappa shape index (κ3) is 3.31. The van der Waals surface area contributed by atoms with Gasteiger partial charge in [0.2, 0.25) is 0 Å². The number of aryl methyl sites for hydroxylation is 2. The predicted molar refractivity (Wildman–Crippen MR) is 72.3 cm³/mol. The van der Waals surface area contributed by atoms with Crippen LogP contribution in [0.15, 0.2) is 42.7 Å². The van der Waals surface area contributed by atoms with Crippen LogP contribution in [-0.2, 0) is 6.42 Å². The molecule has 1 aromatic carbocycles. The normalized spacial score (nSPS) is 10.2. The van der Waals surface area contributed by atoms with Crippen molar-refractivity contribution >= 4 is 5.69 Å². The van der Waals surface area contributed by atoms with Crippen LogP contribution in [0.3, 0.4) is 0 Å². The minimum absolute atomic E-state index is 0.951. The molecule has 88 valence electrons. The molecule has 2 nitrogen and oxygen atoms in total. The fraction of sp³-hybridized carbons (Fsp3) is 0.267. The van der Waals surface area contributed by atoms with Gasteiger partial charge in [0, 0.05) is 24.6 Å². The average Bonchev–Trinajstić information content (AvgIpc) is 2.35. The van der Waals surface area contributed by atoms with E-state index >= 15 is 0 Å². The number of nitrogens with zero attached hydrogens (tertiary/aromatic N) is 1. The van der Waals surface area contributed by atoms with Crippen molar-refractivity contribution in [1.82, 2.24) is 4.98 Å². The first-order chi connectivity index (χ1) is 8.25.